The minimum absolute atomic E-state index is 0.295. The first-order valence-corrected chi connectivity index (χ1v) is 7.24. The van der Waals surface area contributed by atoms with E-state index < -0.39 is 0 Å². The van der Waals surface area contributed by atoms with Gasteiger partial charge in [-0.2, -0.15) is 0 Å². The second-order valence-corrected chi connectivity index (χ2v) is 5.33. The largest absolute Gasteiger partial charge is 0.488 e. The average Bonchev–Trinajstić information content (AvgIpc) is 2.82. The molecule has 0 spiro atoms. The maximum absolute atomic E-state index is 6.13. The summed E-state index contributed by atoms with van der Waals surface area (Å²) < 4.78 is 6.13. The van der Waals surface area contributed by atoms with Crippen molar-refractivity contribution in [2.75, 3.05) is 6.54 Å². The summed E-state index contributed by atoms with van der Waals surface area (Å²) in [5.41, 5.74) is 1.36. The van der Waals surface area contributed by atoms with Crippen molar-refractivity contribution in [1.82, 2.24) is 5.32 Å². The normalized spacial score (nSPS) is 21.2. The molecule has 100 valence electrons. The molecule has 0 bridgehead atoms. The Balaban J connectivity index is 2.05. The Morgan fingerprint density at radius 3 is 2.78 bits per heavy atom. The average molecular weight is 247 g/mol. The maximum atomic E-state index is 6.13. The van der Waals surface area contributed by atoms with Crippen LogP contribution in [0, 0.1) is 5.92 Å². The van der Waals surface area contributed by atoms with Gasteiger partial charge in [0.25, 0.3) is 0 Å². The van der Waals surface area contributed by atoms with E-state index in [9.17, 15) is 0 Å². The van der Waals surface area contributed by atoms with Gasteiger partial charge >= 0.3 is 0 Å². The van der Waals surface area contributed by atoms with Crippen molar-refractivity contribution in [3.8, 4) is 5.75 Å². The van der Waals surface area contributed by atoms with Gasteiger partial charge in [-0.3, -0.25) is 0 Å². The molecule has 0 radical (unpaired) electrons. The minimum Gasteiger partial charge on any atom is -0.488 e. The molecule has 18 heavy (non-hydrogen) atoms. The fourth-order valence-electron chi connectivity index (χ4n) is 2.67. The maximum Gasteiger partial charge on any atom is 0.123 e. The number of rotatable bonds is 6. The van der Waals surface area contributed by atoms with E-state index in [1.54, 1.807) is 0 Å². The Labute approximate surface area is 111 Å². The Morgan fingerprint density at radius 1 is 1.33 bits per heavy atom. The van der Waals surface area contributed by atoms with Crippen LogP contribution in [0.2, 0.25) is 0 Å². The standard InChI is InChI=1S/C16H25NO/c1-4-10-17-16(12(3)5-2)15-11-13-8-6-7-9-14(13)18-15/h6-9,12,15-17H,4-5,10-11H2,1-3H3. The van der Waals surface area contributed by atoms with Crippen molar-refractivity contribution < 1.29 is 4.74 Å². The lowest BCUT2D eigenvalue weighted by Crippen LogP contribution is -2.47. The number of ether oxygens (including phenoxy) is 1. The van der Waals surface area contributed by atoms with Crippen LogP contribution in [0.3, 0.4) is 0 Å². The summed E-state index contributed by atoms with van der Waals surface area (Å²) in [6, 6.07) is 8.88. The fraction of sp³-hybridized carbons (Fsp3) is 0.625. The predicted molar refractivity (Wildman–Crippen MR) is 76.1 cm³/mol. The first kappa shape index (κ1) is 13.4. The van der Waals surface area contributed by atoms with Crippen molar-refractivity contribution in [3.05, 3.63) is 29.8 Å². The lowest BCUT2D eigenvalue weighted by molar-refractivity contribution is 0.143. The molecule has 2 rings (SSSR count). The predicted octanol–water partition coefficient (Wildman–Crippen LogP) is 3.40. The van der Waals surface area contributed by atoms with Gasteiger partial charge in [-0.05, 0) is 30.5 Å². The molecule has 0 saturated heterocycles. The fourth-order valence-corrected chi connectivity index (χ4v) is 2.67. The van der Waals surface area contributed by atoms with E-state index in [-0.39, 0.29) is 0 Å². The van der Waals surface area contributed by atoms with E-state index >= 15 is 0 Å². The SMILES string of the molecule is CCCNC(C(C)CC)C1Cc2ccccc2O1. The van der Waals surface area contributed by atoms with Gasteiger partial charge in [0.2, 0.25) is 0 Å². The van der Waals surface area contributed by atoms with Gasteiger partial charge in [0.15, 0.2) is 0 Å². The monoisotopic (exact) mass is 247 g/mol. The third kappa shape index (κ3) is 2.86. The van der Waals surface area contributed by atoms with Crippen LogP contribution in [-0.4, -0.2) is 18.7 Å². The summed E-state index contributed by atoms with van der Waals surface area (Å²) in [6.45, 7) is 7.86. The second kappa shape index (κ2) is 6.24. The highest BCUT2D eigenvalue weighted by Crippen LogP contribution is 2.31. The Kier molecular flexibility index (Phi) is 4.65. The van der Waals surface area contributed by atoms with Crippen LogP contribution in [0.5, 0.6) is 5.75 Å². The smallest absolute Gasteiger partial charge is 0.123 e. The van der Waals surface area contributed by atoms with E-state index in [1.165, 1.54) is 18.4 Å². The van der Waals surface area contributed by atoms with Crippen LogP contribution in [0.1, 0.15) is 39.2 Å². The molecule has 0 aromatic heterocycles. The summed E-state index contributed by atoms with van der Waals surface area (Å²) in [6.07, 6.45) is 3.70. The molecule has 3 atom stereocenters. The highest BCUT2D eigenvalue weighted by atomic mass is 16.5. The Morgan fingerprint density at radius 2 is 2.11 bits per heavy atom. The van der Waals surface area contributed by atoms with Crippen LogP contribution in [0.25, 0.3) is 0 Å². The number of para-hydroxylation sites is 1. The summed E-state index contributed by atoms with van der Waals surface area (Å²) in [4.78, 5) is 0. The van der Waals surface area contributed by atoms with Gasteiger partial charge in [0.05, 0.1) is 0 Å². The van der Waals surface area contributed by atoms with Crippen LogP contribution in [-0.2, 0) is 6.42 Å². The molecule has 2 nitrogen and oxygen atoms in total. The van der Waals surface area contributed by atoms with Crippen molar-refractivity contribution in [3.63, 3.8) is 0 Å². The molecule has 0 amide bonds. The number of hydrogen-bond donors (Lipinski definition) is 1. The quantitative estimate of drug-likeness (QED) is 0.832. The van der Waals surface area contributed by atoms with Gasteiger partial charge < -0.3 is 10.1 Å². The molecular weight excluding hydrogens is 222 g/mol. The number of benzene rings is 1. The molecule has 1 N–H and O–H groups in total. The lowest BCUT2D eigenvalue weighted by atomic mass is 9.92. The third-order valence-corrected chi connectivity index (χ3v) is 3.96. The topological polar surface area (TPSA) is 21.3 Å². The van der Waals surface area contributed by atoms with Crippen LogP contribution >= 0.6 is 0 Å². The Hall–Kier alpha value is -1.02. The first-order valence-electron chi connectivity index (χ1n) is 7.24. The van der Waals surface area contributed by atoms with Gasteiger partial charge in [-0.1, -0.05) is 45.4 Å². The van der Waals surface area contributed by atoms with Crippen LogP contribution < -0.4 is 10.1 Å². The van der Waals surface area contributed by atoms with Crippen molar-refractivity contribution in [1.29, 1.82) is 0 Å². The molecule has 1 aliphatic heterocycles. The molecular formula is C16H25NO. The van der Waals surface area contributed by atoms with E-state index in [2.05, 4.69) is 50.4 Å². The summed E-state index contributed by atoms with van der Waals surface area (Å²) in [5, 5.41) is 3.67. The molecule has 0 saturated carbocycles. The summed E-state index contributed by atoms with van der Waals surface area (Å²) in [5.74, 6) is 1.73. The highest BCUT2D eigenvalue weighted by Gasteiger charge is 2.32. The van der Waals surface area contributed by atoms with E-state index in [4.69, 9.17) is 4.74 Å². The molecule has 0 fully saturated rings. The number of hydrogen-bond acceptors (Lipinski definition) is 2. The van der Waals surface area contributed by atoms with E-state index in [1.807, 2.05) is 0 Å². The minimum atomic E-state index is 0.295. The van der Waals surface area contributed by atoms with Gasteiger partial charge in [0.1, 0.15) is 11.9 Å². The van der Waals surface area contributed by atoms with Crippen molar-refractivity contribution in [2.45, 2.75) is 52.2 Å². The molecule has 1 aromatic carbocycles. The third-order valence-electron chi connectivity index (χ3n) is 3.96. The van der Waals surface area contributed by atoms with Crippen molar-refractivity contribution in [2.24, 2.45) is 5.92 Å². The zero-order valence-electron chi connectivity index (χ0n) is 11.8. The van der Waals surface area contributed by atoms with Crippen molar-refractivity contribution >= 4 is 0 Å². The summed E-state index contributed by atoms with van der Waals surface area (Å²) in [7, 11) is 0. The molecule has 2 heteroatoms. The molecule has 3 unspecified atom stereocenters. The molecule has 0 aliphatic carbocycles. The van der Waals surface area contributed by atoms with Crippen LogP contribution in [0.15, 0.2) is 24.3 Å². The molecule has 1 aliphatic rings. The van der Waals surface area contributed by atoms with Crippen LogP contribution in [0.4, 0.5) is 0 Å². The molecule has 1 heterocycles. The van der Waals surface area contributed by atoms with Gasteiger partial charge in [-0.25, -0.2) is 0 Å². The zero-order chi connectivity index (χ0) is 13.0. The second-order valence-electron chi connectivity index (χ2n) is 5.33. The highest BCUT2D eigenvalue weighted by molar-refractivity contribution is 5.37. The number of nitrogens with one attached hydrogen (secondary N) is 1. The number of fused-ring (bicyclic) bond motifs is 1. The Bertz CT molecular complexity index is 352. The van der Waals surface area contributed by atoms with Gasteiger partial charge in [-0.15, -0.1) is 0 Å². The zero-order valence-corrected chi connectivity index (χ0v) is 11.8. The van der Waals surface area contributed by atoms with E-state index in [0.29, 0.717) is 18.1 Å². The van der Waals surface area contributed by atoms with Gasteiger partial charge in [0, 0.05) is 12.5 Å². The lowest BCUT2D eigenvalue weighted by Gasteiger charge is -2.29. The molecule has 1 aromatic rings. The first-order chi connectivity index (χ1) is 8.76. The van der Waals surface area contributed by atoms with E-state index in [0.717, 1.165) is 18.7 Å². The summed E-state index contributed by atoms with van der Waals surface area (Å²) >= 11 is 0.